The molecule has 1 atom stereocenters. The summed E-state index contributed by atoms with van der Waals surface area (Å²) < 4.78 is 16.1. The number of nitrogens with zero attached hydrogens (tertiary/aromatic N) is 1. The van der Waals surface area contributed by atoms with Crippen LogP contribution in [0.25, 0.3) is 0 Å². The minimum atomic E-state index is -1.92. The van der Waals surface area contributed by atoms with Crippen LogP contribution < -0.4 is 0 Å². The van der Waals surface area contributed by atoms with Gasteiger partial charge < -0.3 is 4.99 Å². The van der Waals surface area contributed by atoms with Crippen molar-refractivity contribution in [2.45, 2.75) is 6.92 Å². The summed E-state index contributed by atoms with van der Waals surface area (Å²) in [5, 5.41) is 0. The van der Waals surface area contributed by atoms with Crippen LogP contribution in [0, 0.1) is 0 Å². The number of halogens is 1. The summed E-state index contributed by atoms with van der Waals surface area (Å²) in [6.07, 6.45) is 1.75. The molecular formula is C4H9BFN. The van der Waals surface area contributed by atoms with Crippen molar-refractivity contribution in [1.82, 2.24) is 0 Å². The molecule has 0 aromatic carbocycles. The molecule has 0 fully saturated rings. The average Bonchev–Trinajstić information content (AvgIpc) is 1.65. The van der Waals surface area contributed by atoms with Crippen LogP contribution >= 0.6 is 0 Å². The minimum Gasteiger partial charge on any atom is -0.301 e. The second-order valence-electron chi connectivity index (χ2n) is 0.642. The van der Waals surface area contributed by atoms with Crippen molar-refractivity contribution in [2.24, 2.45) is 4.99 Å². The smallest absolute Gasteiger partial charge is 0.111 e. The van der Waals surface area contributed by atoms with Crippen LogP contribution in [0.5, 0.6) is 0 Å². The van der Waals surface area contributed by atoms with E-state index in [4.69, 9.17) is 1.37 Å². The lowest BCUT2D eigenvalue weighted by molar-refractivity contribution is 0.598. The Bertz CT molecular complexity index is 51.2. The monoisotopic (exact) mass is 103 g/mol. The van der Waals surface area contributed by atoms with Crippen molar-refractivity contribution < 1.29 is 5.76 Å². The summed E-state index contributed by atoms with van der Waals surface area (Å²) in [6, 6.07) is 0. The van der Waals surface area contributed by atoms with Crippen LogP contribution in [0.3, 0.4) is 0 Å². The van der Waals surface area contributed by atoms with E-state index >= 15 is 0 Å². The molecule has 0 amide bonds. The summed E-state index contributed by atoms with van der Waals surface area (Å²) in [5.41, 5.74) is 0. The summed E-state index contributed by atoms with van der Waals surface area (Å²) >= 11 is 0. The zero-order valence-electron chi connectivity index (χ0n) is 5.56. The topological polar surface area (TPSA) is 12.4 Å². The first kappa shape index (κ1) is 6.66. The molecule has 1 nitrogen and oxygen atoms in total. The molecular weight excluding hydrogens is 91.9 g/mol. The highest BCUT2D eigenvalue weighted by atomic mass is 19.1. The Morgan fingerprint density at radius 3 is 2.29 bits per heavy atom. The lowest BCUT2D eigenvalue weighted by Gasteiger charge is -1.53. The van der Waals surface area contributed by atoms with E-state index in [2.05, 4.69) is 12.8 Å². The van der Waals surface area contributed by atoms with Gasteiger partial charge in [-0.2, -0.15) is 0 Å². The SMILES string of the molecule is CC=NC.[3H]C([B])F. The molecule has 0 saturated carbocycles. The molecule has 0 aliphatic rings. The molecule has 7 heavy (non-hydrogen) atoms. The molecule has 0 saturated heterocycles. The van der Waals surface area contributed by atoms with Crippen molar-refractivity contribution in [3.8, 4) is 0 Å². The first-order valence-electron chi connectivity index (χ1n) is 2.41. The van der Waals surface area contributed by atoms with E-state index in [-0.39, 0.29) is 0 Å². The number of rotatable bonds is 0. The quantitative estimate of drug-likeness (QED) is 0.317. The van der Waals surface area contributed by atoms with Gasteiger partial charge in [-0.05, 0) is 13.1 Å². The molecule has 0 aliphatic carbocycles. The van der Waals surface area contributed by atoms with Crippen molar-refractivity contribution in [2.75, 3.05) is 13.6 Å². The third-order valence-corrected chi connectivity index (χ3v) is 0.258. The maximum atomic E-state index is 10.4. The normalized spacial score (nSPS) is 14.4. The zero-order valence-corrected chi connectivity index (χ0v) is 4.56. The predicted octanol–water partition coefficient (Wildman–Crippen LogP) is 0.789. The van der Waals surface area contributed by atoms with Crippen LogP contribution in [-0.2, 0) is 0 Å². The number of hydrogen-bond donors (Lipinski definition) is 0. The van der Waals surface area contributed by atoms with E-state index < -0.39 is 6.55 Å². The molecule has 0 aliphatic heterocycles. The van der Waals surface area contributed by atoms with Crippen LogP contribution in [0.15, 0.2) is 4.99 Å². The van der Waals surface area contributed by atoms with Crippen LogP contribution in [0.2, 0.25) is 0 Å². The van der Waals surface area contributed by atoms with Crippen molar-refractivity contribution in [1.29, 1.82) is 0 Å². The summed E-state index contributed by atoms with van der Waals surface area (Å²) in [6.45, 7) is -0.0278. The highest BCUT2D eigenvalue weighted by Gasteiger charge is 1.41. The molecule has 40 valence electrons. The Hall–Kier alpha value is -0.335. The fourth-order valence-electron chi connectivity index (χ4n) is 0. The molecule has 2 radical (unpaired) electrons. The largest absolute Gasteiger partial charge is 0.301 e. The molecule has 0 bridgehead atoms. The van der Waals surface area contributed by atoms with E-state index in [1.807, 2.05) is 6.92 Å². The zero-order chi connectivity index (χ0) is 6.99. The molecule has 0 aromatic rings. The van der Waals surface area contributed by atoms with Crippen molar-refractivity contribution >= 4 is 14.1 Å². The third-order valence-electron chi connectivity index (χ3n) is 0.258. The van der Waals surface area contributed by atoms with Gasteiger partial charge in [0.25, 0.3) is 0 Å². The first-order chi connectivity index (χ1) is 3.65. The maximum absolute atomic E-state index is 10.4. The van der Waals surface area contributed by atoms with Gasteiger partial charge in [0.1, 0.15) is 7.85 Å². The first-order valence-corrected chi connectivity index (χ1v) is 1.83. The lowest BCUT2D eigenvalue weighted by Crippen LogP contribution is -1.56. The van der Waals surface area contributed by atoms with Gasteiger partial charge in [0.05, 0.1) is 1.37 Å². The molecule has 0 N–H and O–H groups in total. The number of aliphatic imine (C=N–C) groups is 1. The minimum absolute atomic E-state index is 1.75. The second-order valence-corrected chi connectivity index (χ2v) is 0.642. The third kappa shape index (κ3) is 172. The van der Waals surface area contributed by atoms with Gasteiger partial charge in [-0.15, -0.1) is 0 Å². The van der Waals surface area contributed by atoms with Gasteiger partial charge in [0.15, 0.2) is 0 Å². The van der Waals surface area contributed by atoms with Crippen LogP contribution in [-0.4, -0.2) is 27.7 Å². The van der Waals surface area contributed by atoms with E-state index in [1.165, 1.54) is 0 Å². The summed E-state index contributed by atoms with van der Waals surface area (Å²) in [5.74, 6) is 0. The van der Waals surface area contributed by atoms with Gasteiger partial charge in [0, 0.05) is 13.6 Å². The van der Waals surface area contributed by atoms with Gasteiger partial charge >= 0.3 is 0 Å². The van der Waals surface area contributed by atoms with E-state index in [0.29, 0.717) is 0 Å². The number of alkyl halides is 1. The Labute approximate surface area is 46.5 Å². The summed E-state index contributed by atoms with van der Waals surface area (Å²) in [4.78, 5) is 3.61. The van der Waals surface area contributed by atoms with Crippen LogP contribution in [0.4, 0.5) is 4.39 Å². The Balaban J connectivity index is 0. The Morgan fingerprint density at radius 2 is 2.29 bits per heavy atom. The van der Waals surface area contributed by atoms with Crippen molar-refractivity contribution in [3.63, 3.8) is 0 Å². The Kier molecular flexibility index (Phi) is 16.5. The van der Waals surface area contributed by atoms with Gasteiger partial charge in [-0.25, -0.2) is 0 Å². The van der Waals surface area contributed by atoms with Gasteiger partial charge in [-0.1, -0.05) is 0 Å². The van der Waals surface area contributed by atoms with Crippen LogP contribution in [0.1, 0.15) is 8.29 Å². The molecule has 3 heteroatoms. The molecule has 1 unspecified atom stereocenters. The molecule has 0 aromatic heterocycles. The highest BCUT2D eigenvalue weighted by molar-refractivity contribution is 6.07. The van der Waals surface area contributed by atoms with Gasteiger partial charge in [0.2, 0.25) is 0 Å². The molecule has 0 rings (SSSR count). The second kappa shape index (κ2) is 17.4. The molecule has 0 spiro atoms. The van der Waals surface area contributed by atoms with Crippen molar-refractivity contribution in [3.05, 3.63) is 0 Å². The predicted molar refractivity (Wildman–Crippen MR) is 31.8 cm³/mol. The highest BCUT2D eigenvalue weighted by Crippen LogP contribution is 1.39. The summed E-state index contributed by atoms with van der Waals surface area (Å²) in [7, 11) is 5.86. The maximum Gasteiger partial charge on any atom is 0.111 e. The molecule has 0 heterocycles. The lowest BCUT2D eigenvalue weighted by atomic mass is 10.2. The van der Waals surface area contributed by atoms with Gasteiger partial charge in [-0.3, -0.25) is 4.39 Å². The van der Waals surface area contributed by atoms with E-state index in [1.54, 1.807) is 13.3 Å². The number of hydrogen-bond acceptors (Lipinski definition) is 1. The fraction of sp³-hybridized carbons (Fsp3) is 0.750. The Morgan fingerprint density at radius 1 is 2.14 bits per heavy atom. The standard InChI is InChI=1S/C3H7N.CH2BF/c1-3-4-2;2-1-3/h3H,1-2H3;1H2/i;1T. The van der Waals surface area contributed by atoms with E-state index in [0.717, 1.165) is 0 Å². The fourth-order valence-corrected chi connectivity index (χ4v) is 0. The average molecular weight is 103 g/mol. The van der Waals surface area contributed by atoms with E-state index in [9.17, 15) is 4.39 Å².